The minimum Gasteiger partial charge on any atom is -0.507 e. The molecule has 116 valence electrons. The van der Waals surface area contributed by atoms with E-state index in [-0.39, 0.29) is 34.2 Å². The van der Waals surface area contributed by atoms with Crippen LogP contribution in [0.3, 0.4) is 0 Å². The van der Waals surface area contributed by atoms with Gasteiger partial charge in [0.15, 0.2) is 5.78 Å². The fourth-order valence-corrected chi connectivity index (χ4v) is 2.78. The van der Waals surface area contributed by atoms with Crippen molar-refractivity contribution in [1.29, 1.82) is 0 Å². The summed E-state index contributed by atoms with van der Waals surface area (Å²) in [6, 6.07) is 9.99. The van der Waals surface area contributed by atoms with Crippen LogP contribution in [-0.2, 0) is 10.1 Å². The first kappa shape index (κ1) is 16.0. The molecular weight excluding hydrogens is 304 g/mol. The van der Waals surface area contributed by atoms with E-state index in [4.69, 9.17) is 4.18 Å². The molecule has 5 nitrogen and oxygen atoms in total. The highest BCUT2D eigenvalue weighted by molar-refractivity contribution is 7.87. The zero-order chi connectivity index (χ0) is 16.3. The van der Waals surface area contributed by atoms with Crippen molar-refractivity contribution >= 4 is 15.9 Å². The molecule has 0 aliphatic rings. The Morgan fingerprint density at radius 3 is 2.36 bits per heavy atom. The Kier molecular flexibility index (Phi) is 4.51. The highest BCUT2D eigenvalue weighted by Gasteiger charge is 2.18. The lowest BCUT2D eigenvalue weighted by atomic mass is 10.1. The molecule has 0 aliphatic heterocycles. The van der Waals surface area contributed by atoms with Crippen molar-refractivity contribution in [1.82, 2.24) is 0 Å². The number of rotatable bonds is 5. The van der Waals surface area contributed by atoms with Crippen LogP contribution in [0.2, 0.25) is 0 Å². The highest BCUT2D eigenvalue weighted by atomic mass is 32.2. The van der Waals surface area contributed by atoms with Gasteiger partial charge >= 0.3 is 10.1 Å². The first-order valence-electron chi connectivity index (χ1n) is 6.71. The van der Waals surface area contributed by atoms with Crippen LogP contribution in [0, 0.1) is 6.92 Å². The number of Topliss-reactive ketones (excluding diaryl/α,β-unsaturated/α-hetero) is 1. The topological polar surface area (TPSA) is 80.7 Å². The molecule has 0 unspecified atom stereocenters. The summed E-state index contributed by atoms with van der Waals surface area (Å²) in [7, 11) is -3.99. The number of aromatic hydroxyl groups is 1. The van der Waals surface area contributed by atoms with E-state index in [1.165, 1.54) is 30.3 Å². The number of aryl methyl sites for hydroxylation is 1. The summed E-state index contributed by atoms with van der Waals surface area (Å²) in [4.78, 5) is 11.7. The number of phenols is 1. The average molecular weight is 320 g/mol. The molecule has 2 aromatic carbocycles. The van der Waals surface area contributed by atoms with E-state index in [2.05, 4.69) is 0 Å². The molecule has 0 fully saturated rings. The Bertz CT molecular complexity index is 792. The van der Waals surface area contributed by atoms with Crippen LogP contribution in [0.4, 0.5) is 0 Å². The summed E-state index contributed by atoms with van der Waals surface area (Å²) in [5.41, 5.74) is 0.971. The van der Waals surface area contributed by atoms with Gasteiger partial charge in [-0.3, -0.25) is 4.79 Å². The van der Waals surface area contributed by atoms with Crippen LogP contribution in [0.1, 0.15) is 29.3 Å². The fraction of sp³-hybridized carbons (Fsp3) is 0.188. The molecule has 0 amide bonds. The first-order valence-corrected chi connectivity index (χ1v) is 8.11. The van der Waals surface area contributed by atoms with Crippen LogP contribution < -0.4 is 4.18 Å². The maximum absolute atomic E-state index is 12.2. The van der Waals surface area contributed by atoms with Crippen LogP contribution in [0.15, 0.2) is 47.4 Å². The molecule has 0 atom stereocenters. The lowest BCUT2D eigenvalue weighted by molar-refractivity contribution is 0.0985. The van der Waals surface area contributed by atoms with E-state index in [0.29, 0.717) is 0 Å². The molecule has 0 aliphatic carbocycles. The minimum absolute atomic E-state index is 0.0184. The SMILES string of the molecule is CCC(=O)c1cc(OS(=O)(=O)c2ccc(C)cc2)ccc1O. The van der Waals surface area contributed by atoms with Gasteiger partial charge in [-0.2, -0.15) is 8.42 Å². The zero-order valence-corrected chi connectivity index (χ0v) is 13.1. The zero-order valence-electron chi connectivity index (χ0n) is 12.2. The van der Waals surface area contributed by atoms with Gasteiger partial charge in [-0.15, -0.1) is 0 Å². The van der Waals surface area contributed by atoms with Gasteiger partial charge in [-0.05, 0) is 37.3 Å². The van der Waals surface area contributed by atoms with Crippen LogP contribution in [0.25, 0.3) is 0 Å². The Morgan fingerprint density at radius 2 is 1.77 bits per heavy atom. The van der Waals surface area contributed by atoms with Gasteiger partial charge in [0, 0.05) is 6.42 Å². The van der Waals surface area contributed by atoms with E-state index in [9.17, 15) is 18.3 Å². The Labute approximate surface area is 129 Å². The number of phenolic OH excluding ortho intramolecular Hbond substituents is 1. The van der Waals surface area contributed by atoms with E-state index in [1.54, 1.807) is 19.1 Å². The van der Waals surface area contributed by atoms with Gasteiger partial charge in [0.05, 0.1) is 5.56 Å². The lowest BCUT2D eigenvalue weighted by Gasteiger charge is -2.09. The summed E-state index contributed by atoms with van der Waals surface area (Å²) in [6.07, 6.45) is 0.196. The van der Waals surface area contributed by atoms with Crippen molar-refractivity contribution in [2.75, 3.05) is 0 Å². The normalized spacial score (nSPS) is 11.2. The van der Waals surface area contributed by atoms with Gasteiger partial charge in [0.1, 0.15) is 16.4 Å². The van der Waals surface area contributed by atoms with Crippen molar-refractivity contribution in [3.05, 3.63) is 53.6 Å². The van der Waals surface area contributed by atoms with E-state index >= 15 is 0 Å². The molecule has 0 spiro atoms. The number of hydrogen-bond donors (Lipinski definition) is 1. The van der Waals surface area contributed by atoms with Crippen LogP contribution in [0.5, 0.6) is 11.5 Å². The number of carbonyl (C=O) groups excluding carboxylic acids is 1. The second-order valence-corrected chi connectivity index (χ2v) is 6.35. The first-order chi connectivity index (χ1) is 10.3. The largest absolute Gasteiger partial charge is 0.507 e. The minimum atomic E-state index is -3.99. The number of hydrogen-bond acceptors (Lipinski definition) is 5. The molecule has 6 heteroatoms. The third-order valence-electron chi connectivity index (χ3n) is 3.11. The third kappa shape index (κ3) is 3.46. The van der Waals surface area contributed by atoms with Crippen molar-refractivity contribution in [3.63, 3.8) is 0 Å². The molecule has 0 heterocycles. The maximum Gasteiger partial charge on any atom is 0.339 e. The van der Waals surface area contributed by atoms with E-state index < -0.39 is 10.1 Å². The Hall–Kier alpha value is -2.34. The predicted octanol–water partition coefficient (Wildman–Crippen LogP) is 3.06. The van der Waals surface area contributed by atoms with Crippen molar-refractivity contribution in [2.45, 2.75) is 25.2 Å². The van der Waals surface area contributed by atoms with Gasteiger partial charge in [-0.25, -0.2) is 0 Å². The van der Waals surface area contributed by atoms with Crippen LogP contribution >= 0.6 is 0 Å². The molecule has 0 bridgehead atoms. The van der Waals surface area contributed by atoms with Crippen molar-refractivity contribution in [2.24, 2.45) is 0 Å². The number of carbonyl (C=O) groups is 1. The van der Waals surface area contributed by atoms with E-state index in [1.807, 2.05) is 6.92 Å². The van der Waals surface area contributed by atoms with Crippen molar-refractivity contribution in [3.8, 4) is 11.5 Å². The molecule has 2 rings (SSSR count). The van der Waals surface area contributed by atoms with Crippen LogP contribution in [-0.4, -0.2) is 19.3 Å². The second-order valence-electron chi connectivity index (χ2n) is 4.81. The van der Waals surface area contributed by atoms with Gasteiger partial charge in [-0.1, -0.05) is 24.6 Å². The summed E-state index contributed by atoms with van der Waals surface area (Å²) in [5, 5.41) is 9.66. The number of benzene rings is 2. The molecule has 1 N–H and O–H groups in total. The summed E-state index contributed by atoms with van der Waals surface area (Å²) >= 11 is 0. The summed E-state index contributed by atoms with van der Waals surface area (Å²) in [6.45, 7) is 3.50. The fourth-order valence-electron chi connectivity index (χ4n) is 1.86. The summed E-state index contributed by atoms with van der Waals surface area (Å²) in [5.74, 6) is -0.516. The quantitative estimate of drug-likeness (QED) is 0.676. The predicted molar refractivity (Wildman–Crippen MR) is 81.7 cm³/mol. The van der Waals surface area contributed by atoms with Gasteiger partial charge < -0.3 is 9.29 Å². The molecule has 0 aromatic heterocycles. The highest BCUT2D eigenvalue weighted by Crippen LogP contribution is 2.26. The molecule has 0 saturated carbocycles. The monoisotopic (exact) mass is 320 g/mol. The number of ketones is 1. The molecule has 22 heavy (non-hydrogen) atoms. The van der Waals surface area contributed by atoms with Gasteiger partial charge in [0.2, 0.25) is 0 Å². The molecule has 0 radical (unpaired) electrons. The summed E-state index contributed by atoms with van der Waals surface area (Å²) < 4.78 is 29.4. The maximum atomic E-state index is 12.2. The third-order valence-corrected chi connectivity index (χ3v) is 4.37. The lowest BCUT2D eigenvalue weighted by Crippen LogP contribution is -2.10. The van der Waals surface area contributed by atoms with Crippen molar-refractivity contribution < 1.29 is 22.5 Å². The average Bonchev–Trinajstić information content (AvgIpc) is 2.48. The second kappa shape index (κ2) is 6.19. The Balaban J connectivity index is 2.34. The van der Waals surface area contributed by atoms with E-state index in [0.717, 1.165) is 5.56 Å². The molecule has 2 aromatic rings. The molecule has 0 saturated heterocycles. The smallest absolute Gasteiger partial charge is 0.339 e. The van der Waals surface area contributed by atoms with Gasteiger partial charge in [0.25, 0.3) is 0 Å². The molecular formula is C16H16O5S. The Morgan fingerprint density at radius 1 is 1.14 bits per heavy atom. The standard InChI is InChI=1S/C16H16O5S/c1-3-15(17)14-10-12(6-9-16(14)18)21-22(19,20)13-7-4-11(2)5-8-13/h4-10,18H,3H2,1-2H3.